The van der Waals surface area contributed by atoms with E-state index in [1.165, 1.54) is 12.3 Å². The highest BCUT2D eigenvalue weighted by Crippen LogP contribution is 2.24. The summed E-state index contributed by atoms with van der Waals surface area (Å²) in [6, 6.07) is 3.21. The SMILES string of the molecule is CC(C)CCCC(C)Nc1ncc(C#N)cc1[N+](=O)[O-]. The number of nitro groups is 1. The van der Waals surface area contributed by atoms with Crippen molar-refractivity contribution in [1.82, 2.24) is 4.98 Å². The van der Waals surface area contributed by atoms with Gasteiger partial charge in [0.2, 0.25) is 5.82 Å². The zero-order valence-corrected chi connectivity index (χ0v) is 12.1. The van der Waals surface area contributed by atoms with Gasteiger partial charge in [-0.1, -0.05) is 26.7 Å². The molecule has 0 saturated carbocycles. The lowest BCUT2D eigenvalue weighted by atomic mass is 10.0. The molecule has 108 valence electrons. The molecule has 0 aliphatic rings. The third-order valence-electron chi connectivity index (χ3n) is 3.00. The first-order valence-corrected chi connectivity index (χ1v) is 6.75. The molecule has 0 saturated heterocycles. The van der Waals surface area contributed by atoms with Gasteiger partial charge >= 0.3 is 5.69 Å². The number of hydrogen-bond donors (Lipinski definition) is 1. The van der Waals surface area contributed by atoms with E-state index in [2.05, 4.69) is 24.1 Å². The van der Waals surface area contributed by atoms with Crippen LogP contribution in [0.3, 0.4) is 0 Å². The van der Waals surface area contributed by atoms with Crippen LogP contribution in [0, 0.1) is 27.4 Å². The quantitative estimate of drug-likeness (QED) is 0.608. The van der Waals surface area contributed by atoms with Gasteiger partial charge in [-0.25, -0.2) is 4.98 Å². The third kappa shape index (κ3) is 4.84. The van der Waals surface area contributed by atoms with Crippen molar-refractivity contribution in [3.8, 4) is 6.07 Å². The van der Waals surface area contributed by atoms with Gasteiger partial charge < -0.3 is 5.32 Å². The van der Waals surface area contributed by atoms with E-state index in [1.54, 1.807) is 0 Å². The van der Waals surface area contributed by atoms with Gasteiger partial charge in [0, 0.05) is 18.3 Å². The van der Waals surface area contributed by atoms with Crippen LogP contribution in [0.4, 0.5) is 11.5 Å². The molecule has 1 unspecified atom stereocenters. The number of hydrogen-bond acceptors (Lipinski definition) is 5. The van der Waals surface area contributed by atoms with E-state index in [4.69, 9.17) is 5.26 Å². The van der Waals surface area contributed by atoms with E-state index in [0.29, 0.717) is 5.92 Å². The molecule has 0 aliphatic carbocycles. The number of anilines is 1. The standard InChI is InChI=1S/C14H20N4O2/c1-10(2)5-4-6-11(3)17-14-13(18(19)20)7-12(8-15)9-16-14/h7,9-11H,4-6H2,1-3H3,(H,16,17). The summed E-state index contributed by atoms with van der Waals surface area (Å²) in [6.07, 6.45) is 4.47. The molecule has 1 atom stereocenters. The molecule has 0 aliphatic heterocycles. The Kier molecular flexibility index (Phi) is 5.91. The Labute approximate surface area is 119 Å². The molecule has 0 aromatic carbocycles. The summed E-state index contributed by atoms with van der Waals surface area (Å²) in [5, 5.41) is 22.8. The Hall–Kier alpha value is -2.16. The summed E-state index contributed by atoms with van der Waals surface area (Å²) in [6.45, 7) is 6.32. The van der Waals surface area contributed by atoms with E-state index >= 15 is 0 Å². The maximum atomic E-state index is 11.0. The molecule has 0 spiro atoms. The van der Waals surface area contributed by atoms with Crippen LogP contribution in [-0.4, -0.2) is 15.9 Å². The fourth-order valence-electron chi connectivity index (χ4n) is 1.90. The van der Waals surface area contributed by atoms with Gasteiger partial charge in [-0.2, -0.15) is 5.26 Å². The first kappa shape index (κ1) is 15.9. The van der Waals surface area contributed by atoms with E-state index in [-0.39, 0.29) is 23.1 Å². The fraction of sp³-hybridized carbons (Fsp3) is 0.571. The van der Waals surface area contributed by atoms with Gasteiger partial charge in [0.25, 0.3) is 0 Å². The highest BCUT2D eigenvalue weighted by molar-refractivity contribution is 5.58. The lowest BCUT2D eigenvalue weighted by molar-refractivity contribution is -0.384. The van der Waals surface area contributed by atoms with Crippen molar-refractivity contribution in [3.63, 3.8) is 0 Å². The van der Waals surface area contributed by atoms with Crippen molar-refractivity contribution in [3.05, 3.63) is 27.9 Å². The minimum Gasteiger partial charge on any atom is -0.362 e. The molecule has 0 radical (unpaired) electrons. The van der Waals surface area contributed by atoms with Crippen molar-refractivity contribution in [1.29, 1.82) is 5.26 Å². The Morgan fingerprint density at radius 3 is 2.70 bits per heavy atom. The molecule has 1 heterocycles. The maximum Gasteiger partial charge on any atom is 0.312 e. The number of nitrogens with one attached hydrogen (secondary N) is 1. The van der Waals surface area contributed by atoms with Crippen LogP contribution in [0.25, 0.3) is 0 Å². The lowest BCUT2D eigenvalue weighted by Gasteiger charge is -2.15. The van der Waals surface area contributed by atoms with Crippen LogP contribution in [0.15, 0.2) is 12.3 Å². The zero-order valence-electron chi connectivity index (χ0n) is 12.1. The Balaban J connectivity index is 2.72. The minimum atomic E-state index is -0.517. The van der Waals surface area contributed by atoms with Crippen LogP contribution < -0.4 is 5.32 Å². The Morgan fingerprint density at radius 2 is 2.15 bits per heavy atom. The van der Waals surface area contributed by atoms with Gasteiger partial charge in [0.05, 0.1) is 10.5 Å². The van der Waals surface area contributed by atoms with Crippen molar-refractivity contribution >= 4 is 11.5 Å². The highest BCUT2D eigenvalue weighted by atomic mass is 16.6. The van der Waals surface area contributed by atoms with E-state index in [9.17, 15) is 10.1 Å². The predicted octanol–water partition coefficient (Wildman–Crippen LogP) is 3.49. The van der Waals surface area contributed by atoms with Gasteiger partial charge in [0.1, 0.15) is 6.07 Å². The topological polar surface area (TPSA) is 91.8 Å². The Bertz CT molecular complexity index is 508. The molecule has 1 aromatic rings. The fourth-order valence-corrected chi connectivity index (χ4v) is 1.90. The van der Waals surface area contributed by atoms with Crippen molar-refractivity contribution in [2.45, 2.75) is 46.1 Å². The van der Waals surface area contributed by atoms with E-state index in [0.717, 1.165) is 19.3 Å². The average molecular weight is 276 g/mol. The van der Waals surface area contributed by atoms with Crippen LogP contribution in [0.1, 0.15) is 45.6 Å². The summed E-state index contributed by atoms with van der Waals surface area (Å²) in [5.74, 6) is 0.885. The molecule has 20 heavy (non-hydrogen) atoms. The van der Waals surface area contributed by atoms with Gasteiger partial charge in [-0.3, -0.25) is 10.1 Å². The molecule has 6 nitrogen and oxygen atoms in total. The largest absolute Gasteiger partial charge is 0.362 e. The number of nitriles is 1. The molecule has 1 rings (SSSR count). The Morgan fingerprint density at radius 1 is 1.45 bits per heavy atom. The summed E-state index contributed by atoms with van der Waals surface area (Å²) >= 11 is 0. The average Bonchev–Trinajstić information content (AvgIpc) is 2.38. The van der Waals surface area contributed by atoms with Crippen LogP contribution in [0.5, 0.6) is 0 Å². The van der Waals surface area contributed by atoms with Crippen LogP contribution in [-0.2, 0) is 0 Å². The molecule has 1 aromatic heterocycles. The summed E-state index contributed by atoms with van der Waals surface area (Å²) in [5.41, 5.74) is 0.0365. The predicted molar refractivity (Wildman–Crippen MR) is 77.4 cm³/mol. The highest BCUT2D eigenvalue weighted by Gasteiger charge is 2.18. The van der Waals surface area contributed by atoms with Gasteiger partial charge in [-0.15, -0.1) is 0 Å². The monoisotopic (exact) mass is 276 g/mol. The lowest BCUT2D eigenvalue weighted by Crippen LogP contribution is -2.17. The number of rotatable bonds is 7. The van der Waals surface area contributed by atoms with E-state index < -0.39 is 4.92 Å². The summed E-state index contributed by atoms with van der Waals surface area (Å²) in [4.78, 5) is 14.5. The van der Waals surface area contributed by atoms with Crippen molar-refractivity contribution in [2.75, 3.05) is 5.32 Å². The van der Waals surface area contributed by atoms with Crippen LogP contribution in [0.2, 0.25) is 0 Å². The zero-order chi connectivity index (χ0) is 15.1. The number of pyridine rings is 1. The molecule has 6 heteroatoms. The number of nitrogens with zero attached hydrogens (tertiary/aromatic N) is 3. The van der Waals surface area contributed by atoms with Crippen LogP contribution >= 0.6 is 0 Å². The molecule has 0 bridgehead atoms. The van der Waals surface area contributed by atoms with Crippen molar-refractivity contribution < 1.29 is 4.92 Å². The maximum absolute atomic E-state index is 11.0. The second-order valence-corrected chi connectivity index (χ2v) is 5.33. The second-order valence-electron chi connectivity index (χ2n) is 5.33. The molecule has 0 fully saturated rings. The third-order valence-corrected chi connectivity index (χ3v) is 3.00. The normalized spacial score (nSPS) is 11.9. The minimum absolute atomic E-state index is 0.105. The summed E-state index contributed by atoms with van der Waals surface area (Å²) < 4.78 is 0. The van der Waals surface area contributed by atoms with Gasteiger partial charge in [-0.05, 0) is 19.3 Å². The molecule has 1 N–H and O–H groups in total. The molecular weight excluding hydrogens is 256 g/mol. The first-order chi connectivity index (χ1) is 9.43. The smallest absolute Gasteiger partial charge is 0.312 e. The number of aromatic nitrogens is 1. The molecule has 0 amide bonds. The molecular formula is C14H20N4O2. The second kappa shape index (κ2) is 7.43. The van der Waals surface area contributed by atoms with E-state index in [1.807, 2.05) is 13.0 Å². The summed E-state index contributed by atoms with van der Waals surface area (Å²) in [7, 11) is 0. The first-order valence-electron chi connectivity index (χ1n) is 6.75. The van der Waals surface area contributed by atoms with Crippen molar-refractivity contribution in [2.24, 2.45) is 5.92 Å². The van der Waals surface area contributed by atoms with Gasteiger partial charge in [0.15, 0.2) is 0 Å².